The molecular formula is C12H25N3OS. The zero-order valence-corrected chi connectivity index (χ0v) is 12.4. The summed E-state index contributed by atoms with van der Waals surface area (Å²) in [6.07, 6.45) is 1.59. The molecule has 5 heteroatoms. The fraction of sp³-hybridized carbons (Fsp3) is 0.833. The van der Waals surface area contributed by atoms with Gasteiger partial charge in [0, 0.05) is 13.6 Å². The Morgan fingerprint density at radius 2 is 1.82 bits per heavy atom. The second-order valence-electron chi connectivity index (χ2n) is 4.93. The molecule has 1 amide bonds. The van der Waals surface area contributed by atoms with Crippen LogP contribution < -0.4 is 5.73 Å². The number of nitrogens with two attached hydrogens (primary N) is 1. The van der Waals surface area contributed by atoms with Crippen molar-refractivity contribution >= 4 is 23.1 Å². The van der Waals surface area contributed by atoms with Gasteiger partial charge in [0.05, 0.1) is 10.4 Å². The second kappa shape index (κ2) is 6.91. The summed E-state index contributed by atoms with van der Waals surface area (Å²) < 4.78 is 0. The van der Waals surface area contributed by atoms with Crippen molar-refractivity contribution < 1.29 is 4.79 Å². The Kier molecular flexibility index (Phi) is 6.64. The van der Waals surface area contributed by atoms with Crippen molar-refractivity contribution in [3.63, 3.8) is 0 Å². The quantitative estimate of drug-likeness (QED) is 0.696. The first-order valence-corrected chi connectivity index (χ1v) is 6.36. The second-order valence-corrected chi connectivity index (χ2v) is 5.37. The molecule has 1 unspecified atom stereocenters. The summed E-state index contributed by atoms with van der Waals surface area (Å²) in [5, 5.41) is 0. The van der Waals surface area contributed by atoms with Gasteiger partial charge in [0.25, 0.3) is 0 Å². The van der Waals surface area contributed by atoms with Crippen LogP contribution in [0.5, 0.6) is 0 Å². The van der Waals surface area contributed by atoms with Crippen LogP contribution in [-0.2, 0) is 4.79 Å². The molecule has 0 radical (unpaired) electrons. The molecule has 4 nitrogen and oxygen atoms in total. The standard InChI is InChI=1S/C12H25N3OS/c1-6-12(2,10(13)17)11(16)15(5)9-7-8-14(3)4/h6-9H2,1-5H3,(H2,13,17). The van der Waals surface area contributed by atoms with Gasteiger partial charge in [-0.25, -0.2) is 0 Å². The molecule has 0 aromatic rings. The highest BCUT2D eigenvalue weighted by molar-refractivity contribution is 7.80. The lowest BCUT2D eigenvalue weighted by Gasteiger charge is -2.31. The molecule has 17 heavy (non-hydrogen) atoms. The molecule has 0 saturated heterocycles. The highest BCUT2D eigenvalue weighted by Gasteiger charge is 2.36. The summed E-state index contributed by atoms with van der Waals surface area (Å²) in [6.45, 7) is 5.45. The molecule has 0 bridgehead atoms. The summed E-state index contributed by atoms with van der Waals surface area (Å²) in [5.74, 6) is 0.0197. The first-order chi connectivity index (χ1) is 7.75. The molecule has 0 aromatic carbocycles. The molecule has 0 aliphatic rings. The number of carbonyl (C=O) groups is 1. The van der Waals surface area contributed by atoms with Crippen LogP contribution in [0.2, 0.25) is 0 Å². The molecular weight excluding hydrogens is 234 g/mol. The van der Waals surface area contributed by atoms with Crippen molar-refractivity contribution in [3.8, 4) is 0 Å². The van der Waals surface area contributed by atoms with Crippen molar-refractivity contribution in [1.29, 1.82) is 0 Å². The summed E-state index contributed by atoms with van der Waals surface area (Å²) in [7, 11) is 5.85. The van der Waals surface area contributed by atoms with E-state index in [-0.39, 0.29) is 10.9 Å². The van der Waals surface area contributed by atoms with Gasteiger partial charge in [-0.1, -0.05) is 19.1 Å². The Morgan fingerprint density at radius 3 is 2.18 bits per heavy atom. The third-order valence-corrected chi connectivity index (χ3v) is 3.62. The van der Waals surface area contributed by atoms with E-state index in [1.54, 1.807) is 4.90 Å². The topological polar surface area (TPSA) is 49.6 Å². The summed E-state index contributed by atoms with van der Waals surface area (Å²) >= 11 is 5.00. The van der Waals surface area contributed by atoms with Crippen molar-refractivity contribution in [2.75, 3.05) is 34.2 Å². The number of amides is 1. The zero-order chi connectivity index (χ0) is 13.6. The van der Waals surface area contributed by atoms with Crippen LogP contribution >= 0.6 is 12.2 Å². The first kappa shape index (κ1) is 16.3. The zero-order valence-electron chi connectivity index (χ0n) is 11.6. The predicted molar refractivity (Wildman–Crippen MR) is 76.0 cm³/mol. The largest absolute Gasteiger partial charge is 0.392 e. The molecule has 0 spiro atoms. The molecule has 0 fully saturated rings. The number of thiocarbonyl (C=S) groups is 1. The summed E-state index contributed by atoms with van der Waals surface area (Å²) in [5.41, 5.74) is 4.97. The van der Waals surface area contributed by atoms with Crippen molar-refractivity contribution in [1.82, 2.24) is 9.80 Å². The molecule has 0 aromatic heterocycles. The Balaban J connectivity index is 4.43. The minimum absolute atomic E-state index is 0.0197. The maximum Gasteiger partial charge on any atom is 0.235 e. The normalized spacial score (nSPS) is 14.5. The Hall–Kier alpha value is -0.680. The fourth-order valence-corrected chi connectivity index (χ4v) is 1.81. The first-order valence-electron chi connectivity index (χ1n) is 5.96. The average Bonchev–Trinajstić information content (AvgIpc) is 2.25. The van der Waals surface area contributed by atoms with Crippen LogP contribution in [0.25, 0.3) is 0 Å². The van der Waals surface area contributed by atoms with Crippen molar-refractivity contribution in [2.45, 2.75) is 26.7 Å². The van der Waals surface area contributed by atoms with Crippen LogP contribution in [0.15, 0.2) is 0 Å². The molecule has 0 saturated carbocycles. The van der Waals surface area contributed by atoms with E-state index in [2.05, 4.69) is 4.90 Å². The monoisotopic (exact) mass is 259 g/mol. The van der Waals surface area contributed by atoms with Gasteiger partial charge in [0.1, 0.15) is 0 Å². The molecule has 0 aliphatic carbocycles. The van der Waals surface area contributed by atoms with Crippen LogP contribution in [0.1, 0.15) is 26.7 Å². The predicted octanol–water partition coefficient (Wildman–Crippen LogP) is 1.10. The SMILES string of the molecule is CCC(C)(C(=O)N(C)CCCN(C)C)C(N)=S. The van der Waals surface area contributed by atoms with Gasteiger partial charge < -0.3 is 15.5 Å². The van der Waals surface area contributed by atoms with Gasteiger partial charge in [-0.2, -0.15) is 0 Å². The minimum atomic E-state index is -0.706. The van der Waals surface area contributed by atoms with E-state index < -0.39 is 5.41 Å². The molecule has 100 valence electrons. The Morgan fingerprint density at radius 1 is 1.29 bits per heavy atom. The number of carbonyl (C=O) groups excluding carboxylic acids is 1. The van der Waals surface area contributed by atoms with E-state index in [4.69, 9.17) is 18.0 Å². The van der Waals surface area contributed by atoms with E-state index in [0.717, 1.165) is 19.5 Å². The van der Waals surface area contributed by atoms with E-state index >= 15 is 0 Å². The summed E-state index contributed by atoms with van der Waals surface area (Å²) in [6, 6.07) is 0. The van der Waals surface area contributed by atoms with E-state index in [9.17, 15) is 4.79 Å². The maximum absolute atomic E-state index is 12.3. The molecule has 2 N–H and O–H groups in total. The average molecular weight is 259 g/mol. The highest BCUT2D eigenvalue weighted by Crippen LogP contribution is 2.24. The minimum Gasteiger partial charge on any atom is -0.392 e. The van der Waals surface area contributed by atoms with Crippen LogP contribution in [0.3, 0.4) is 0 Å². The highest BCUT2D eigenvalue weighted by atomic mass is 32.1. The van der Waals surface area contributed by atoms with Gasteiger partial charge in [-0.05, 0) is 40.4 Å². The van der Waals surface area contributed by atoms with E-state index in [1.165, 1.54) is 0 Å². The van der Waals surface area contributed by atoms with Crippen molar-refractivity contribution in [2.24, 2.45) is 11.1 Å². The Bertz CT molecular complexity index is 281. The summed E-state index contributed by atoms with van der Waals surface area (Å²) in [4.78, 5) is 16.4. The number of hydrogen-bond donors (Lipinski definition) is 1. The van der Waals surface area contributed by atoms with Crippen LogP contribution in [-0.4, -0.2) is 54.9 Å². The van der Waals surface area contributed by atoms with E-state index in [1.807, 2.05) is 35.0 Å². The Labute approximate surface area is 110 Å². The number of hydrogen-bond acceptors (Lipinski definition) is 3. The van der Waals surface area contributed by atoms with Gasteiger partial charge in [-0.3, -0.25) is 4.79 Å². The molecule has 0 rings (SSSR count). The lowest BCUT2D eigenvalue weighted by atomic mass is 9.86. The van der Waals surface area contributed by atoms with Gasteiger partial charge >= 0.3 is 0 Å². The van der Waals surface area contributed by atoms with E-state index in [0.29, 0.717) is 6.42 Å². The lowest BCUT2D eigenvalue weighted by Crippen LogP contribution is -2.47. The van der Waals surface area contributed by atoms with Gasteiger partial charge in [0.15, 0.2) is 0 Å². The number of rotatable bonds is 7. The van der Waals surface area contributed by atoms with Crippen LogP contribution in [0, 0.1) is 5.41 Å². The van der Waals surface area contributed by atoms with Gasteiger partial charge in [0.2, 0.25) is 5.91 Å². The van der Waals surface area contributed by atoms with Crippen molar-refractivity contribution in [3.05, 3.63) is 0 Å². The smallest absolute Gasteiger partial charge is 0.235 e. The third kappa shape index (κ3) is 4.60. The van der Waals surface area contributed by atoms with Crippen LogP contribution in [0.4, 0.5) is 0 Å². The molecule has 0 aliphatic heterocycles. The molecule has 0 heterocycles. The number of nitrogens with zero attached hydrogens (tertiary/aromatic N) is 2. The van der Waals surface area contributed by atoms with Gasteiger partial charge in [-0.15, -0.1) is 0 Å². The molecule has 1 atom stereocenters. The fourth-order valence-electron chi connectivity index (χ4n) is 1.58. The third-order valence-electron chi connectivity index (χ3n) is 3.17. The maximum atomic E-state index is 12.3. The lowest BCUT2D eigenvalue weighted by molar-refractivity contribution is -0.136.